The summed E-state index contributed by atoms with van der Waals surface area (Å²) in [7, 11) is 0. The maximum atomic E-state index is 4.63. The molecular weight excluding hydrogens is 268 g/mol. The smallest absolute Gasteiger partial charge is 0.191 e. The minimum atomic E-state index is 0.899. The zero-order valence-electron chi connectivity index (χ0n) is 13.9. The lowest BCUT2D eigenvalue weighted by molar-refractivity contribution is 0.302. The minimum absolute atomic E-state index is 0.899. The van der Waals surface area contributed by atoms with Crippen LogP contribution in [0.4, 0.5) is 0 Å². The molecule has 0 radical (unpaired) electrons. The number of rotatable bonds is 12. The number of hydrogen-bond donors (Lipinski definition) is 2. The predicted octanol–water partition coefficient (Wildman–Crippen LogP) is 2.42. The van der Waals surface area contributed by atoms with Crippen LogP contribution in [0.1, 0.15) is 40.0 Å². The summed E-state index contributed by atoms with van der Waals surface area (Å²) in [5.74, 6) is 2.22. The van der Waals surface area contributed by atoms with Crippen LogP contribution in [0.5, 0.6) is 0 Å². The lowest BCUT2D eigenvalue weighted by Crippen LogP contribution is -2.38. The molecule has 4 nitrogen and oxygen atoms in total. The summed E-state index contributed by atoms with van der Waals surface area (Å²) in [5.41, 5.74) is 0. The van der Waals surface area contributed by atoms with Crippen molar-refractivity contribution in [2.24, 2.45) is 4.99 Å². The van der Waals surface area contributed by atoms with Crippen molar-refractivity contribution in [2.75, 3.05) is 51.3 Å². The lowest BCUT2D eigenvalue weighted by atomic mass is 10.3. The molecule has 0 aromatic rings. The molecule has 0 aliphatic heterocycles. The molecule has 0 saturated carbocycles. The van der Waals surface area contributed by atoms with Crippen LogP contribution in [0.2, 0.25) is 0 Å². The van der Waals surface area contributed by atoms with Crippen LogP contribution in [-0.4, -0.2) is 62.1 Å². The van der Waals surface area contributed by atoms with Gasteiger partial charge in [0, 0.05) is 19.6 Å². The fourth-order valence-corrected chi connectivity index (χ4v) is 2.44. The molecule has 0 aliphatic rings. The quantitative estimate of drug-likeness (QED) is 0.330. The van der Waals surface area contributed by atoms with E-state index < -0.39 is 0 Å². The Bertz CT molecular complexity index is 230. The zero-order valence-corrected chi connectivity index (χ0v) is 14.7. The summed E-state index contributed by atoms with van der Waals surface area (Å²) in [4.78, 5) is 7.08. The van der Waals surface area contributed by atoms with Gasteiger partial charge >= 0.3 is 0 Å². The fraction of sp³-hybridized carbons (Fsp3) is 0.933. The highest BCUT2D eigenvalue weighted by Gasteiger charge is 1.99. The number of nitrogens with one attached hydrogen (secondary N) is 2. The van der Waals surface area contributed by atoms with E-state index in [1.165, 1.54) is 18.6 Å². The molecule has 0 heterocycles. The van der Waals surface area contributed by atoms with Crippen molar-refractivity contribution >= 4 is 17.7 Å². The van der Waals surface area contributed by atoms with E-state index in [-0.39, 0.29) is 0 Å². The van der Waals surface area contributed by atoms with Gasteiger partial charge in [-0.25, -0.2) is 0 Å². The lowest BCUT2D eigenvalue weighted by Gasteiger charge is -2.17. The molecule has 0 unspecified atom stereocenters. The Morgan fingerprint density at radius 1 is 1.05 bits per heavy atom. The van der Waals surface area contributed by atoms with Gasteiger partial charge in [0.2, 0.25) is 0 Å². The molecule has 0 aromatic carbocycles. The highest BCUT2D eigenvalue weighted by atomic mass is 32.2. The number of aliphatic imine (C=N–C) groups is 1. The third-order valence-electron chi connectivity index (χ3n) is 3.21. The van der Waals surface area contributed by atoms with E-state index in [2.05, 4.69) is 47.6 Å². The molecule has 0 aromatic heterocycles. The first-order valence-corrected chi connectivity index (χ1v) is 9.41. The molecule has 0 rings (SSSR count). The summed E-state index contributed by atoms with van der Waals surface area (Å²) in [6.45, 7) is 12.8. The van der Waals surface area contributed by atoms with Gasteiger partial charge in [-0.05, 0) is 57.8 Å². The van der Waals surface area contributed by atoms with Crippen LogP contribution < -0.4 is 10.6 Å². The summed E-state index contributed by atoms with van der Waals surface area (Å²) in [6.07, 6.45) is 5.78. The number of unbranched alkanes of at least 4 members (excludes halogenated alkanes) is 1. The Hall–Kier alpha value is -0.420. The number of nitrogens with zero attached hydrogens (tertiary/aromatic N) is 2. The molecule has 20 heavy (non-hydrogen) atoms. The van der Waals surface area contributed by atoms with Crippen LogP contribution >= 0.6 is 11.8 Å². The molecule has 0 fully saturated rings. The Morgan fingerprint density at radius 2 is 1.80 bits per heavy atom. The highest BCUT2D eigenvalue weighted by molar-refractivity contribution is 7.98. The van der Waals surface area contributed by atoms with Crippen LogP contribution in [0.3, 0.4) is 0 Å². The minimum Gasteiger partial charge on any atom is -0.357 e. The zero-order chi connectivity index (χ0) is 15.1. The van der Waals surface area contributed by atoms with E-state index in [0.717, 1.165) is 51.6 Å². The molecule has 120 valence electrons. The second kappa shape index (κ2) is 15.0. The van der Waals surface area contributed by atoms with Gasteiger partial charge in [-0.2, -0.15) is 11.8 Å². The summed E-state index contributed by atoms with van der Waals surface area (Å²) in [6, 6.07) is 0. The van der Waals surface area contributed by atoms with Gasteiger partial charge in [0.05, 0.1) is 0 Å². The van der Waals surface area contributed by atoms with Crippen molar-refractivity contribution in [3.63, 3.8) is 0 Å². The van der Waals surface area contributed by atoms with Crippen molar-refractivity contribution in [1.29, 1.82) is 0 Å². The Balaban J connectivity index is 3.82. The van der Waals surface area contributed by atoms with E-state index in [0.29, 0.717) is 0 Å². The fourth-order valence-electron chi connectivity index (χ4n) is 1.94. The van der Waals surface area contributed by atoms with E-state index in [1.54, 1.807) is 0 Å². The molecule has 0 amide bonds. The first-order chi connectivity index (χ1) is 9.78. The average molecular weight is 303 g/mol. The Kier molecular flexibility index (Phi) is 14.7. The molecular formula is C15H34N4S. The second-order valence-corrected chi connectivity index (χ2v) is 5.75. The largest absolute Gasteiger partial charge is 0.357 e. The second-order valence-electron chi connectivity index (χ2n) is 4.77. The Labute approximate surface area is 130 Å². The first-order valence-electron chi connectivity index (χ1n) is 8.01. The normalized spacial score (nSPS) is 11.9. The Morgan fingerprint density at radius 3 is 2.40 bits per heavy atom. The maximum Gasteiger partial charge on any atom is 0.191 e. The first kappa shape index (κ1) is 19.6. The number of hydrogen-bond acceptors (Lipinski definition) is 3. The summed E-state index contributed by atoms with van der Waals surface area (Å²) in [5, 5.41) is 6.72. The summed E-state index contributed by atoms with van der Waals surface area (Å²) >= 11 is 1.92. The summed E-state index contributed by atoms with van der Waals surface area (Å²) < 4.78 is 0. The van der Waals surface area contributed by atoms with Crippen LogP contribution in [-0.2, 0) is 0 Å². The van der Waals surface area contributed by atoms with Gasteiger partial charge in [-0.1, -0.05) is 13.8 Å². The molecule has 0 spiro atoms. The van der Waals surface area contributed by atoms with E-state index >= 15 is 0 Å². The third kappa shape index (κ3) is 11.4. The van der Waals surface area contributed by atoms with Gasteiger partial charge in [0.25, 0.3) is 0 Å². The van der Waals surface area contributed by atoms with Crippen molar-refractivity contribution in [1.82, 2.24) is 15.5 Å². The standard InChI is InChI=1S/C15H34N4S/c1-5-16-15(17-11-8-9-14-20-4)18-12-10-13-19(6-2)7-3/h5-14H2,1-4H3,(H2,16,17,18). The van der Waals surface area contributed by atoms with Crippen LogP contribution in [0, 0.1) is 0 Å². The average Bonchev–Trinajstić information content (AvgIpc) is 2.47. The van der Waals surface area contributed by atoms with E-state index in [1.807, 2.05) is 11.8 Å². The number of guanidine groups is 1. The van der Waals surface area contributed by atoms with Gasteiger partial charge in [0.1, 0.15) is 0 Å². The molecule has 0 atom stereocenters. The third-order valence-corrected chi connectivity index (χ3v) is 3.91. The predicted molar refractivity (Wildman–Crippen MR) is 94.0 cm³/mol. The SMILES string of the molecule is CCNC(=NCCCN(CC)CC)NCCCCSC. The van der Waals surface area contributed by atoms with Gasteiger partial charge in [0.15, 0.2) is 5.96 Å². The van der Waals surface area contributed by atoms with Crippen molar-refractivity contribution < 1.29 is 0 Å². The van der Waals surface area contributed by atoms with Gasteiger partial charge in [-0.3, -0.25) is 4.99 Å². The van der Waals surface area contributed by atoms with Crippen LogP contribution in [0.25, 0.3) is 0 Å². The molecule has 0 aliphatic carbocycles. The van der Waals surface area contributed by atoms with Crippen LogP contribution in [0.15, 0.2) is 4.99 Å². The monoisotopic (exact) mass is 302 g/mol. The topological polar surface area (TPSA) is 39.7 Å². The number of thioether (sulfide) groups is 1. The molecule has 2 N–H and O–H groups in total. The maximum absolute atomic E-state index is 4.63. The van der Waals surface area contributed by atoms with Crippen molar-refractivity contribution in [2.45, 2.75) is 40.0 Å². The highest BCUT2D eigenvalue weighted by Crippen LogP contribution is 1.97. The van der Waals surface area contributed by atoms with Gasteiger partial charge in [-0.15, -0.1) is 0 Å². The van der Waals surface area contributed by atoms with E-state index in [9.17, 15) is 0 Å². The van der Waals surface area contributed by atoms with Crippen molar-refractivity contribution in [3.8, 4) is 0 Å². The van der Waals surface area contributed by atoms with Crippen molar-refractivity contribution in [3.05, 3.63) is 0 Å². The molecule has 5 heteroatoms. The van der Waals surface area contributed by atoms with E-state index in [4.69, 9.17) is 0 Å². The molecule has 0 saturated heterocycles. The molecule has 0 bridgehead atoms. The van der Waals surface area contributed by atoms with Gasteiger partial charge < -0.3 is 15.5 Å².